The molecule has 0 aliphatic carbocycles. The van der Waals surface area contributed by atoms with Crippen LogP contribution in [0.5, 0.6) is 11.6 Å². The van der Waals surface area contributed by atoms with Crippen molar-refractivity contribution in [3.05, 3.63) is 30.5 Å². The molecule has 6 nitrogen and oxygen atoms in total. The van der Waals surface area contributed by atoms with Gasteiger partial charge in [0.05, 0.1) is 37.1 Å². The summed E-state index contributed by atoms with van der Waals surface area (Å²) in [6.45, 7) is 3.94. The van der Waals surface area contributed by atoms with Crippen LogP contribution >= 0.6 is 0 Å². The minimum atomic E-state index is -0.126. The Kier molecular flexibility index (Phi) is 3.34. The first-order valence-electron chi connectivity index (χ1n) is 5.33. The minimum absolute atomic E-state index is 0.126. The van der Waals surface area contributed by atoms with E-state index in [4.69, 9.17) is 9.84 Å². The van der Waals surface area contributed by atoms with Crippen LogP contribution in [0.2, 0.25) is 0 Å². The molecule has 0 unspecified atom stereocenters. The SMILES string of the molecule is CC(C)n1cc(Oc2cnc(CO)cn2)cn1. The molecule has 0 bridgehead atoms. The first-order valence-corrected chi connectivity index (χ1v) is 5.33. The topological polar surface area (TPSA) is 73.1 Å². The average Bonchev–Trinajstić information content (AvgIpc) is 2.79. The predicted molar refractivity (Wildman–Crippen MR) is 60.6 cm³/mol. The molecule has 0 aliphatic heterocycles. The molecular weight excluding hydrogens is 220 g/mol. The molecular formula is C11H14N4O2. The second-order valence-corrected chi connectivity index (χ2v) is 3.86. The van der Waals surface area contributed by atoms with Gasteiger partial charge in [-0.15, -0.1) is 0 Å². The summed E-state index contributed by atoms with van der Waals surface area (Å²) in [5.74, 6) is 0.996. The molecule has 2 rings (SSSR count). The molecule has 0 amide bonds. The monoisotopic (exact) mass is 234 g/mol. The third-order valence-electron chi connectivity index (χ3n) is 2.17. The quantitative estimate of drug-likeness (QED) is 0.868. The van der Waals surface area contributed by atoms with Gasteiger partial charge in [0.25, 0.3) is 0 Å². The van der Waals surface area contributed by atoms with Gasteiger partial charge in [0.15, 0.2) is 5.75 Å². The lowest BCUT2D eigenvalue weighted by molar-refractivity contribution is 0.276. The highest BCUT2D eigenvalue weighted by Crippen LogP contribution is 2.18. The highest BCUT2D eigenvalue weighted by Gasteiger charge is 2.04. The summed E-state index contributed by atoms with van der Waals surface area (Å²) in [4.78, 5) is 7.99. The highest BCUT2D eigenvalue weighted by molar-refractivity contribution is 5.20. The van der Waals surface area contributed by atoms with Crippen molar-refractivity contribution in [1.29, 1.82) is 0 Å². The summed E-state index contributed by atoms with van der Waals surface area (Å²) in [5.41, 5.74) is 0.509. The fourth-order valence-corrected chi connectivity index (χ4v) is 1.25. The molecule has 90 valence electrons. The van der Waals surface area contributed by atoms with Gasteiger partial charge in [-0.1, -0.05) is 0 Å². The van der Waals surface area contributed by atoms with Crippen LogP contribution in [0.3, 0.4) is 0 Å². The number of aromatic nitrogens is 4. The molecule has 1 N–H and O–H groups in total. The minimum Gasteiger partial charge on any atom is -0.434 e. The Hall–Kier alpha value is -1.95. The van der Waals surface area contributed by atoms with Gasteiger partial charge < -0.3 is 9.84 Å². The highest BCUT2D eigenvalue weighted by atomic mass is 16.5. The van der Waals surface area contributed by atoms with Gasteiger partial charge in [0.2, 0.25) is 5.88 Å². The zero-order valence-corrected chi connectivity index (χ0v) is 9.74. The van der Waals surface area contributed by atoms with E-state index < -0.39 is 0 Å². The molecule has 0 aliphatic rings. The molecule has 6 heteroatoms. The number of aliphatic hydroxyl groups excluding tert-OH is 1. The van der Waals surface area contributed by atoms with Crippen LogP contribution in [0.1, 0.15) is 25.6 Å². The smallest absolute Gasteiger partial charge is 0.238 e. The molecule has 2 aromatic rings. The van der Waals surface area contributed by atoms with Gasteiger partial charge in [-0.25, -0.2) is 4.98 Å². The van der Waals surface area contributed by atoms with E-state index in [1.165, 1.54) is 12.4 Å². The van der Waals surface area contributed by atoms with Crippen LogP contribution in [0.25, 0.3) is 0 Å². The normalized spacial score (nSPS) is 10.8. The molecule has 0 atom stereocenters. The Labute approximate surface area is 98.9 Å². The Bertz CT molecular complexity index is 478. The summed E-state index contributed by atoms with van der Waals surface area (Å²) in [7, 11) is 0. The second kappa shape index (κ2) is 4.92. The summed E-state index contributed by atoms with van der Waals surface area (Å²) in [6, 6.07) is 0.287. The van der Waals surface area contributed by atoms with Crippen LogP contribution in [0.15, 0.2) is 24.8 Å². The first-order chi connectivity index (χ1) is 8.19. The van der Waals surface area contributed by atoms with E-state index in [-0.39, 0.29) is 12.6 Å². The zero-order chi connectivity index (χ0) is 12.3. The summed E-state index contributed by atoms with van der Waals surface area (Å²) < 4.78 is 7.27. The fraction of sp³-hybridized carbons (Fsp3) is 0.364. The summed E-state index contributed by atoms with van der Waals surface area (Å²) in [5, 5.41) is 13.0. The predicted octanol–water partition coefficient (Wildman–Crippen LogP) is 1.54. The van der Waals surface area contributed by atoms with Crippen molar-refractivity contribution in [2.24, 2.45) is 0 Å². The van der Waals surface area contributed by atoms with Crippen molar-refractivity contribution in [2.45, 2.75) is 26.5 Å². The van der Waals surface area contributed by atoms with E-state index in [2.05, 4.69) is 15.1 Å². The number of ether oxygens (including phenoxy) is 1. The lowest BCUT2D eigenvalue weighted by atomic mass is 10.4. The standard InChI is InChI=1S/C11H14N4O2/c1-8(2)15-6-10(4-14-15)17-11-5-12-9(7-16)3-13-11/h3-6,8,16H,7H2,1-2H3. The van der Waals surface area contributed by atoms with Gasteiger partial charge >= 0.3 is 0 Å². The third kappa shape index (κ3) is 2.79. The van der Waals surface area contributed by atoms with Crippen LogP contribution < -0.4 is 4.74 Å². The molecule has 0 radical (unpaired) electrons. The molecule has 0 saturated heterocycles. The summed E-state index contributed by atoms with van der Waals surface area (Å²) in [6.07, 6.45) is 6.37. The maximum Gasteiger partial charge on any atom is 0.238 e. The number of hydrogen-bond acceptors (Lipinski definition) is 5. The average molecular weight is 234 g/mol. The van der Waals surface area contributed by atoms with Crippen molar-refractivity contribution >= 4 is 0 Å². The van der Waals surface area contributed by atoms with Crippen LogP contribution in [0, 0.1) is 0 Å². The summed E-state index contributed by atoms with van der Waals surface area (Å²) >= 11 is 0. The number of hydrogen-bond donors (Lipinski definition) is 1. The maximum absolute atomic E-state index is 8.83. The van der Waals surface area contributed by atoms with Gasteiger partial charge in [0, 0.05) is 6.04 Å². The molecule has 0 spiro atoms. The molecule has 0 saturated carbocycles. The van der Waals surface area contributed by atoms with Gasteiger partial charge in [-0.05, 0) is 13.8 Å². The molecule has 2 aromatic heterocycles. The van der Waals surface area contributed by atoms with E-state index in [1.807, 2.05) is 13.8 Å². The van der Waals surface area contributed by atoms with Gasteiger partial charge in [0.1, 0.15) is 0 Å². The van der Waals surface area contributed by atoms with E-state index >= 15 is 0 Å². The van der Waals surface area contributed by atoms with Crippen LogP contribution in [-0.2, 0) is 6.61 Å². The van der Waals surface area contributed by atoms with E-state index in [0.29, 0.717) is 17.3 Å². The Morgan fingerprint density at radius 3 is 2.65 bits per heavy atom. The maximum atomic E-state index is 8.83. The fourth-order valence-electron chi connectivity index (χ4n) is 1.25. The number of rotatable bonds is 4. The lowest BCUT2D eigenvalue weighted by Gasteiger charge is -2.03. The lowest BCUT2D eigenvalue weighted by Crippen LogP contribution is -1.99. The third-order valence-corrected chi connectivity index (χ3v) is 2.17. The molecule has 17 heavy (non-hydrogen) atoms. The van der Waals surface area contributed by atoms with Crippen molar-refractivity contribution in [1.82, 2.24) is 19.7 Å². The first kappa shape index (κ1) is 11.5. The Balaban J connectivity index is 2.08. The van der Waals surface area contributed by atoms with Gasteiger partial charge in [-0.2, -0.15) is 5.10 Å². The largest absolute Gasteiger partial charge is 0.434 e. The molecule has 0 fully saturated rings. The Morgan fingerprint density at radius 1 is 1.29 bits per heavy atom. The van der Waals surface area contributed by atoms with E-state index in [9.17, 15) is 0 Å². The zero-order valence-electron chi connectivity index (χ0n) is 9.74. The number of aliphatic hydroxyl groups is 1. The second-order valence-electron chi connectivity index (χ2n) is 3.86. The van der Waals surface area contributed by atoms with E-state index in [1.54, 1.807) is 17.1 Å². The van der Waals surface area contributed by atoms with Crippen molar-refractivity contribution in [3.63, 3.8) is 0 Å². The van der Waals surface area contributed by atoms with Crippen molar-refractivity contribution in [2.75, 3.05) is 0 Å². The van der Waals surface area contributed by atoms with Crippen molar-refractivity contribution in [3.8, 4) is 11.6 Å². The van der Waals surface area contributed by atoms with Gasteiger partial charge in [-0.3, -0.25) is 9.67 Å². The van der Waals surface area contributed by atoms with Crippen LogP contribution in [-0.4, -0.2) is 24.9 Å². The van der Waals surface area contributed by atoms with Crippen molar-refractivity contribution < 1.29 is 9.84 Å². The number of nitrogens with zero attached hydrogens (tertiary/aromatic N) is 4. The Morgan fingerprint density at radius 2 is 2.12 bits per heavy atom. The van der Waals surface area contributed by atoms with Crippen LogP contribution in [0.4, 0.5) is 0 Å². The van der Waals surface area contributed by atoms with E-state index in [0.717, 1.165) is 0 Å². The molecule has 0 aromatic carbocycles. The molecule has 2 heterocycles.